The van der Waals surface area contributed by atoms with Gasteiger partial charge in [0.1, 0.15) is 5.75 Å². The van der Waals surface area contributed by atoms with Gasteiger partial charge in [0, 0.05) is 11.3 Å². The van der Waals surface area contributed by atoms with Gasteiger partial charge < -0.3 is 10.4 Å². The number of para-hydroxylation sites is 1. The summed E-state index contributed by atoms with van der Waals surface area (Å²) in [5.74, 6) is 0.293. The summed E-state index contributed by atoms with van der Waals surface area (Å²) >= 11 is 0. The van der Waals surface area contributed by atoms with Gasteiger partial charge in [-0.25, -0.2) is 0 Å². The van der Waals surface area contributed by atoms with Crippen LogP contribution in [0, 0.1) is 18.3 Å². The van der Waals surface area contributed by atoms with E-state index in [1.807, 2.05) is 37.3 Å². The molecule has 2 aromatic rings. The normalized spacial score (nSPS) is 11.7. The molecule has 20 heavy (non-hydrogen) atoms. The van der Waals surface area contributed by atoms with Crippen LogP contribution in [0.1, 0.15) is 36.1 Å². The molecule has 0 fully saturated rings. The maximum Gasteiger partial charge on any atom is 0.120 e. The fourth-order valence-electron chi connectivity index (χ4n) is 2.22. The second-order valence-corrected chi connectivity index (χ2v) is 4.81. The van der Waals surface area contributed by atoms with E-state index in [4.69, 9.17) is 5.26 Å². The van der Waals surface area contributed by atoms with E-state index in [0.717, 1.165) is 23.2 Å². The molecule has 1 unspecified atom stereocenters. The van der Waals surface area contributed by atoms with Crippen LogP contribution in [0.25, 0.3) is 0 Å². The molecule has 0 saturated heterocycles. The van der Waals surface area contributed by atoms with Crippen molar-refractivity contribution in [2.24, 2.45) is 0 Å². The van der Waals surface area contributed by atoms with E-state index in [1.54, 1.807) is 12.1 Å². The Morgan fingerprint density at radius 3 is 2.65 bits per heavy atom. The van der Waals surface area contributed by atoms with Gasteiger partial charge in [0.05, 0.1) is 17.7 Å². The Morgan fingerprint density at radius 1 is 1.25 bits per heavy atom. The van der Waals surface area contributed by atoms with Crippen molar-refractivity contribution in [3.63, 3.8) is 0 Å². The van der Waals surface area contributed by atoms with Crippen LogP contribution in [0.2, 0.25) is 0 Å². The third-order valence-corrected chi connectivity index (χ3v) is 3.42. The maximum absolute atomic E-state index is 9.97. The van der Waals surface area contributed by atoms with Crippen molar-refractivity contribution in [2.45, 2.75) is 26.3 Å². The van der Waals surface area contributed by atoms with Crippen molar-refractivity contribution < 1.29 is 5.11 Å². The Balaban J connectivity index is 2.32. The maximum atomic E-state index is 9.97. The van der Waals surface area contributed by atoms with Gasteiger partial charge in [-0.2, -0.15) is 5.26 Å². The van der Waals surface area contributed by atoms with Crippen LogP contribution in [0.3, 0.4) is 0 Å². The van der Waals surface area contributed by atoms with Gasteiger partial charge >= 0.3 is 0 Å². The highest BCUT2D eigenvalue weighted by Gasteiger charge is 2.14. The zero-order chi connectivity index (χ0) is 14.5. The van der Waals surface area contributed by atoms with E-state index in [0.29, 0.717) is 11.3 Å². The van der Waals surface area contributed by atoms with Gasteiger partial charge in [0.2, 0.25) is 0 Å². The van der Waals surface area contributed by atoms with E-state index < -0.39 is 0 Å². The van der Waals surface area contributed by atoms with Crippen molar-refractivity contribution in [3.05, 3.63) is 59.2 Å². The van der Waals surface area contributed by atoms with E-state index in [2.05, 4.69) is 18.3 Å². The highest BCUT2D eigenvalue weighted by molar-refractivity contribution is 5.57. The Hall–Kier alpha value is -2.47. The topological polar surface area (TPSA) is 56.0 Å². The molecule has 3 heteroatoms. The second-order valence-electron chi connectivity index (χ2n) is 4.81. The van der Waals surface area contributed by atoms with Crippen molar-refractivity contribution in [3.8, 4) is 11.8 Å². The van der Waals surface area contributed by atoms with E-state index in [1.165, 1.54) is 0 Å². The number of aromatic hydroxyl groups is 1. The van der Waals surface area contributed by atoms with Gasteiger partial charge in [0.25, 0.3) is 0 Å². The zero-order valence-corrected chi connectivity index (χ0v) is 11.7. The van der Waals surface area contributed by atoms with Crippen LogP contribution >= 0.6 is 0 Å². The van der Waals surface area contributed by atoms with Crippen LogP contribution < -0.4 is 5.32 Å². The molecule has 2 aromatic carbocycles. The van der Waals surface area contributed by atoms with Crippen LogP contribution in [0.5, 0.6) is 5.75 Å². The Kier molecular flexibility index (Phi) is 4.27. The number of aryl methyl sites for hydroxylation is 1. The number of hydrogen-bond donors (Lipinski definition) is 2. The molecule has 0 bridgehead atoms. The van der Waals surface area contributed by atoms with Crippen LogP contribution in [0.15, 0.2) is 42.5 Å². The first kappa shape index (κ1) is 14.0. The van der Waals surface area contributed by atoms with Crippen molar-refractivity contribution >= 4 is 5.69 Å². The van der Waals surface area contributed by atoms with Gasteiger partial charge in [-0.1, -0.05) is 31.2 Å². The summed E-state index contributed by atoms with van der Waals surface area (Å²) in [6.07, 6.45) is 0.841. The summed E-state index contributed by atoms with van der Waals surface area (Å²) in [6.45, 7) is 4.06. The largest absolute Gasteiger partial charge is 0.508 e. The molecule has 2 rings (SSSR count). The van der Waals surface area contributed by atoms with Crippen molar-refractivity contribution in [1.29, 1.82) is 5.26 Å². The molecular formula is C17H18N2O. The van der Waals surface area contributed by atoms with Gasteiger partial charge in [-0.05, 0) is 37.1 Å². The average Bonchev–Trinajstić information content (AvgIpc) is 2.47. The molecule has 0 aliphatic rings. The first-order chi connectivity index (χ1) is 9.65. The number of nitrogens with one attached hydrogen (secondary N) is 1. The smallest absolute Gasteiger partial charge is 0.120 e. The molecule has 0 amide bonds. The molecule has 2 N–H and O–H groups in total. The summed E-state index contributed by atoms with van der Waals surface area (Å²) in [6, 6.07) is 15.1. The van der Waals surface area contributed by atoms with Crippen molar-refractivity contribution in [1.82, 2.24) is 0 Å². The minimum atomic E-state index is 0.0174. The highest BCUT2D eigenvalue weighted by Crippen LogP contribution is 2.30. The summed E-state index contributed by atoms with van der Waals surface area (Å²) < 4.78 is 0. The second kappa shape index (κ2) is 6.12. The third kappa shape index (κ3) is 2.92. The number of nitriles is 1. The van der Waals surface area contributed by atoms with E-state index >= 15 is 0 Å². The number of rotatable bonds is 4. The fourth-order valence-corrected chi connectivity index (χ4v) is 2.22. The first-order valence-corrected chi connectivity index (χ1v) is 6.71. The molecule has 0 heterocycles. The summed E-state index contributed by atoms with van der Waals surface area (Å²) in [7, 11) is 0. The van der Waals surface area contributed by atoms with Crippen LogP contribution in [-0.4, -0.2) is 5.11 Å². The predicted molar refractivity (Wildman–Crippen MR) is 80.7 cm³/mol. The Bertz CT molecular complexity index is 644. The van der Waals surface area contributed by atoms with Gasteiger partial charge in [0.15, 0.2) is 0 Å². The number of hydrogen-bond acceptors (Lipinski definition) is 3. The Labute approximate surface area is 119 Å². The lowest BCUT2D eigenvalue weighted by molar-refractivity contribution is 0.462. The fraction of sp³-hybridized carbons (Fsp3) is 0.235. The quantitative estimate of drug-likeness (QED) is 0.874. The minimum Gasteiger partial charge on any atom is -0.508 e. The molecule has 0 spiro atoms. The predicted octanol–water partition coefficient (Wildman–Crippen LogP) is 4.14. The van der Waals surface area contributed by atoms with Gasteiger partial charge in [-0.3, -0.25) is 0 Å². The van der Waals surface area contributed by atoms with E-state index in [-0.39, 0.29) is 6.04 Å². The first-order valence-electron chi connectivity index (χ1n) is 6.71. The number of benzene rings is 2. The summed E-state index contributed by atoms with van der Waals surface area (Å²) in [5, 5.41) is 22.4. The summed E-state index contributed by atoms with van der Waals surface area (Å²) in [4.78, 5) is 0. The molecule has 0 saturated carbocycles. The molecule has 102 valence electrons. The highest BCUT2D eigenvalue weighted by atomic mass is 16.3. The molecule has 1 atom stereocenters. The lowest BCUT2D eigenvalue weighted by Crippen LogP contribution is -2.11. The summed E-state index contributed by atoms with van der Waals surface area (Å²) in [5.41, 5.74) is 3.51. The number of phenols is 1. The standard InChI is InChI=1S/C17H18N2O/c1-3-15(14-6-4-5-7-17(14)20)19-16-10-13(11-18)9-8-12(16)2/h4-10,15,19-20H,3H2,1-2H3. The molecule has 0 aliphatic heterocycles. The number of anilines is 1. The lowest BCUT2D eigenvalue weighted by atomic mass is 10.0. The van der Waals surface area contributed by atoms with Gasteiger partial charge in [-0.15, -0.1) is 0 Å². The third-order valence-electron chi connectivity index (χ3n) is 3.42. The molecule has 3 nitrogen and oxygen atoms in total. The zero-order valence-electron chi connectivity index (χ0n) is 11.7. The molecule has 0 aromatic heterocycles. The monoisotopic (exact) mass is 266 g/mol. The molecule has 0 aliphatic carbocycles. The number of nitrogens with zero attached hydrogens (tertiary/aromatic N) is 1. The molecular weight excluding hydrogens is 248 g/mol. The lowest BCUT2D eigenvalue weighted by Gasteiger charge is -2.21. The van der Waals surface area contributed by atoms with E-state index in [9.17, 15) is 5.11 Å². The van der Waals surface area contributed by atoms with Crippen LogP contribution in [0.4, 0.5) is 5.69 Å². The number of phenolic OH excluding ortho intramolecular Hbond substituents is 1. The average molecular weight is 266 g/mol. The van der Waals surface area contributed by atoms with Crippen molar-refractivity contribution in [2.75, 3.05) is 5.32 Å². The molecule has 0 radical (unpaired) electrons. The minimum absolute atomic E-state index is 0.0174. The van der Waals surface area contributed by atoms with Crippen LogP contribution in [-0.2, 0) is 0 Å². The SMILES string of the molecule is CCC(Nc1cc(C#N)ccc1C)c1ccccc1O. The Morgan fingerprint density at radius 2 is 2.00 bits per heavy atom.